The number of amides is 1. The van der Waals surface area contributed by atoms with Gasteiger partial charge < -0.3 is 15.5 Å². The van der Waals surface area contributed by atoms with Gasteiger partial charge in [-0.3, -0.25) is 9.35 Å². The number of aliphatic hydroxyl groups is 2. The lowest BCUT2D eigenvalue weighted by Crippen LogP contribution is -2.50. The lowest BCUT2D eigenvalue weighted by Gasteiger charge is -2.22. The summed E-state index contributed by atoms with van der Waals surface area (Å²) in [5, 5.41) is 23.2. The summed E-state index contributed by atoms with van der Waals surface area (Å²) < 4.78 is 32.3. The molecule has 0 spiro atoms. The van der Waals surface area contributed by atoms with Crippen LogP contribution >= 0.6 is 0 Å². The van der Waals surface area contributed by atoms with Gasteiger partial charge in [-0.05, 0) is 44.9 Å². The number of rotatable bonds is 33. The van der Waals surface area contributed by atoms with Gasteiger partial charge in [0.05, 0.1) is 17.9 Å². The van der Waals surface area contributed by atoms with Gasteiger partial charge in [0.1, 0.15) is 6.10 Å². The van der Waals surface area contributed by atoms with Crippen molar-refractivity contribution in [1.29, 1.82) is 0 Å². The van der Waals surface area contributed by atoms with Crippen molar-refractivity contribution in [3.63, 3.8) is 0 Å². The van der Waals surface area contributed by atoms with Crippen LogP contribution in [0.5, 0.6) is 0 Å². The van der Waals surface area contributed by atoms with Gasteiger partial charge in [0.2, 0.25) is 5.91 Å². The Kier molecular flexibility index (Phi) is 30.5. The summed E-state index contributed by atoms with van der Waals surface area (Å²) in [6, 6.07) is -1.23. The van der Waals surface area contributed by atoms with Gasteiger partial charge in [0, 0.05) is 0 Å². The molecule has 0 heterocycles. The first-order chi connectivity index (χ1) is 21.7. The number of hydrogen-bond donors (Lipinski definition) is 4. The minimum atomic E-state index is -4.43. The monoisotopic (exact) mass is 658 g/mol. The van der Waals surface area contributed by atoms with Crippen LogP contribution in [0.25, 0.3) is 0 Å². The molecule has 0 aromatic carbocycles. The van der Waals surface area contributed by atoms with Crippen LogP contribution in [-0.4, -0.2) is 53.1 Å². The van der Waals surface area contributed by atoms with Crippen LogP contribution in [-0.2, 0) is 14.9 Å². The number of allylic oxidation sites excluding steroid dienone is 3. The lowest BCUT2D eigenvalue weighted by atomic mass is 10.0. The number of nitrogens with one attached hydrogen (secondary N) is 1. The second kappa shape index (κ2) is 31.4. The molecule has 7 nitrogen and oxygen atoms in total. The Morgan fingerprint density at radius 3 is 1.40 bits per heavy atom. The second-order valence-corrected chi connectivity index (χ2v) is 14.5. The second-order valence-electron chi connectivity index (χ2n) is 13.0. The molecule has 45 heavy (non-hydrogen) atoms. The summed E-state index contributed by atoms with van der Waals surface area (Å²) in [5.41, 5.74) is 0. The van der Waals surface area contributed by atoms with Crippen LogP contribution in [0.2, 0.25) is 0 Å². The maximum Gasteiger partial charge on any atom is 0.267 e. The molecule has 3 atom stereocenters. The van der Waals surface area contributed by atoms with Gasteiger partial charge in [0.25, 0.3) is 10.1 Å². The van der Waals surface area contributed by atoms with Crippen LogP contribution in [0.3, 0.4) is 0 Å². The average molecular weight is 658 g/mol. The van der Waals surface area contributed by atoms with E-state index in [9.17, 15) is 28.0 Å². The largest absolute Gasteiger partial charge is 0.387 e. The number of carbonyl (C=O) groups is 1. The molecule has 0 saturated heterocycles. The van der Waals surface area contributed by atoms with E-state index in [0.29, 0.717) is 6.42 Å². The Morgan fingerprint density at radius 1 is 0.600 bits per heavy atom. The smallest absolute Gasteiger partial charge is 0.267 e. The van der Waals surface area contributed by atoms with Gasteiger partial charge in [-0.25, -0.2) is 0 Å². The van der Waals surface area contributed by atoms with Crippen LogP contribution in [0.1, 0.15) is 181 Å². The van der Waals surface area contributed by atoms with E-state index in [1.54, 1.807) is 6.08 Å². The number of hydrogen-bond acceptors (Lipinski definition) is 5. The van der Waals surface area contributed by atoms with Crippen LogP contribution < -0.4 is 5.32 Å². The molecule has 1 amide bonds. The van der Waals surface area contributed by atoms with Crippen molar-refractivity contribution < 1.29 is 28.0 Å². The van der Waals surface area contributed by atoms with Crippen LogP contribution in [0, 0.1) is 0 Å². The number of unbranched alkanes of at least 4 members (excludes halogenated alkanes) is 22. The molecule has 0 saturated carbocycles. The molecule has 0 rings (SSSR count). The predicted molar refractivity (Wildman–Crippen MR) is 190 cm³/mol. The van der Waals surface area contributed by atoms with Crippen molar-refractivity contribution in [3.05, 3.63) is 24.3 Å². The minimum absolute atomic E-state index is 0.274. The van der Waals surface area contributed by atoms with Gasteiger partial charge in [0.15, 0.2) is 0 Å². The summed E-state index contributed by atoms with van der Waals surface area (Å²) in [4.78, 5) is 12.5. The van der Waals surface area contributed by atoms with Gasteiger partial charge in [-0.1, -0.05) is 160 Å². The molecule has 4 N–H and O–H groups in total. The molecular formula is C37H71NO6S. The van der Waals surface area contributed by atoms with Crippen molar-refractivity contribution in [2.45, 2.75) is 199 Å². The Balaban J connectivity index is 4.01. The molecule has 0 bridgehead atoms. The zero-order valence-corrected chi connectivity index (χ0v) is 29.9. The Bertz CT molecular complexity index is 829. The molecule has 0 aromatic heterocycles. The van der Waals surface area contributed by atoms with Crippen molar-refractivity contribution in [2.75, 3.05) is 5.75 Å². The van der Waals surface area contributed by atoms with E-state index in [-0.39, 0.29) is 6.42 Å². The van der Waals surface area contributed by atoms with E-state index in [2.05, 4.69) is 31.3 Å². The number of aliphatic hydroxyl groups excluding tert-OH is 2. The lowest BCUT2D eigenvalue weighted by molar-refractivity contribution is -0.130. The molecule has 0 aromatic rings. The van der Waals surface area contributed by atoms with Crippen LogP contribution in [0.15, 0.2) is 24.3 Å². The van der Waals surface area contributed by atoms with E-state index in [1.807, 2.05) is 0 Å². The normalized spacial score (nSPS) is 14.3. The van der Waals surface area contributed by atoms with Gasteiger partial charge >= 0.3 is 0 Å². The maximum atomic E-state index is 12.5. The Hall–Kier alpha value is -1.22. The van der Waals surface area contributed by atoms with Crippen LogP contribution in [0.4, 0.5) is 0 Å². The molecular weight excluding hydrogens is 586 g/mol. The van der Waals surface area contributed by atoms with Gasteiger partial charge in [-0.15, -0.1) is 0 Å². The predicted octanol–water partition coefficient (Wildman–Crippen LogP) is 9.38. The van der Waals surface area contributed by atoms with Gasteiger partial charge in [-0.2, -0.15) is 8.42 Å². The molecule has 0 aliphatic rings. The van der Waals surface area contributed by atoms with E-state index >= 15 is 0 Å². The summed E-state index contributed by atoms with van der Waals surface area (Å²) >= 11 is 0. The first-order valence-corrected chi connectivity index (χ1v) is 20.3. The zero-order chi connectivity index (χ0) is 33.4. The van der Waals surface area contributed by atoms with E-state index in [1.165, 1.54) is 115 Å². The fourth-order valence-electron chi connectivity index (χ4n) is 5.57. The molecule has 0 aliphatic carbocycles. The highest BCUT2D eigenvalue weighted by Gasteiger charge is 2.27. The molecule has 0 aliphatic heterocycles. The summed E-state index contributed by atoms with van der Waals surface area (Å²) in [6.45, 7) is 4.45. The summed E-state index contributed by atoms with van der Waals surface area (Å²) in [6.07, 6.45) is 35.3. The first kappa shape index (κ1) is 43.8. The molecule has 0 radical (unpaired) electrons. The summed E-state index contributed by atoms with van der Waals surface area (Å²) in [7, 11) is -4.43. The first-order valence-electron chi connectivity index (χ1n) is 18.6. The molecule has 266 valence electrons. The quantitative estimate of drug-likeness (QED) is 0.0317. The maximum absolute atomic E-state index is 12.5. The minimum Gasteiger partial charge on any atom is -0.387 e. The highest BCUT2D eigenvalue weighted by Crippen LogP contribution is 2.14. The Labute approximate surface area is 277 Å². The Morgan fingerprint density at radius 2 is 0.978 bits per heavy atom. The third-order valence-corrected chi connectivity index (χ3v) is 9.26. The molecule has 8 heteroatoms. The van der Waals surface area contributed by atoms with Crippen molar-refractivity contribution >= 4 is 16.0 Å². The average Bonchev–Trinajstić information content (AvgIpc) is 3.00. The third-order valence-electron chi connectivity index (χ3n) is 8.48. The van der Waals surface area contributed by atoms with E-state index in [0.717, 1.165) is 44.9 Å². The zero-order valence-electron chi connectivity index (χ0n) is 29.1. The van der Waals surface area contributed by atoms with E-state index in [4.69, 9.17) is 0 Å². The summed E-state index contributed by atoms with van der Waals surface area (Å²) in [5.74, 6) is -1.54. The molecule has 3 unspecified atom stereocenters. The fraction of sp³-hybridized carbons (Fsp3) is 0.865. The SMILES string of the molecule is CCCCCCCCC/C=C/C(O)C(CS(=O)(=O)O)NC(=O)C(O)CCCCCCCC/C=C\CCCCCCCCCCC. The van der Waals surface area contributed by atoms with E-state index < -0.39 is 40.0 Å². The van der Waals surface area contributed by atoms with Crippen molar-refractivity contribution in [1.82, 2.24) is 5.32 Å². The molecule has 0 fully saturated rings. The highest BCUT2D eigenvalue weighted by molar-refractivity contribution is 7.85. The number of carbonyl (C=O) groups excluding carboxylic acids is 1. The van der Waals surface area contributed by atoms with Crippen molar-refractivity contribution in [2.24, 2.45) is 0 Å². The topological polar surface area (TPSA) is 124 Å². The van der Waals surface area contributed by atoms with Crippen molar-refractivity contribution in [3.8, 4) is 0 Å². The fourth-order valence-corrected chi connectivity index (χ4v) is 6.30. The standard InChI is InChI=1S/C37H71NO6S/c1-3-5-7-9-11-13-14-15-16-17-18-19-20-21-22-24-26-28-30-32-36(40)37(41)38-34(33-45(42,43)44)35(39)31-29-27-25-23-12-10-8-6-4-2/h18-19,29,31,34-36,39-40H,3-17,20-28,30,32-33H2,1-2H3,(H,38,41)(H,42,43,44)/b19-18-,31-29+. The highest BCUT2D eigenvalue weighted by atomic mass is 32.2. The third kappa shape index (κ3) is 31.2.